The van der Waals surface area contributed by atoms with Crippen LogP contribution in [0.3, 0.4) is 0 Å². The highest BCUT2D eigenvalue weighted by atomic mass is 35.5. The van der Waals surface area contributed by atoms with Gasteiger partial charge in [0.2, 0.25) is 0 Å². The Morgan fingerprint density at radius 2 is 1.70 bits per heavy atom. The van der Waals surface area contributed by atoms with Crippen LogP contribution in [-0.4, -0.2) is 42.7 Å². The standard InChI is InChI=1S/C22H24ClFN2O4/c23-12-15-29-20(27)25-22(18-6-8-19(24)9-7-18)10-13-26(14-11-22)21(28)30-16-17-4-2-1-3-5-17/h1-9H,10-16H2,(H,25,27). The minimum Gasteiger partial charge on any atom is -0.448 e. The number of ether oxygens (including phenoxy) is 2. The average molecular weight is 435 g/mol. The van der Waals surface area contributed by atoms with Crippen LogP contribution in [0.25, 0.3) is 0 Å². The summed E-state index contributed by atoms with van der Waals surface area (Å²) < 4.78 is 23.9. The molecule has 0 spiro atoms. The van der Waals surface area contributed by atoms with Crippen LogP contribution in [-0.2, 0) is 21.6 Å². The first-order chi connectivity index (χ1) is 14.5. The Labute approximate surface area is 179 Å². The van der Waals surface area contributed by atoms with E-state index in [1.807, 2.05) is 30.3 Å². The quantitative estimate of drug-likeness (QED) is 0.683. The number of amides is 2. The molecular formula is C22H24ClFN2O4. The second-order valence-corrected chi connectivity index (χ2v) is 7.44. The van der Waals surface area contributed by atoms with Crippen molar-refractivity contribution >= 4 is 23.8 Å². The Morgan fingerprint density at radius 1 is 1.03 bits per heavy atom. The molecule has 0 unspecified atom stereocenters. The lowest BCUT2D eigenvalue weighted by Gasteiger charge is -2.42. The van der Waals surface area contributed by atoms with Gasteiger partial charge in [0.05, 0.1) is 11.4 Å². The minimum absolute atomic E-state index is 0.0881. The number of likely N-dealkylation sites (tertiary alicyclic amines) is 1. The van der Waals surface area contributed by atoms with Gasteiger partial charge in [0.1, 0.15) is 19.0 Å². The van der Waals surface area contributed by atoms with E-state index in [0.717, 1.165) is 11.1 Å². The molecule has 2 amide bonds. The van der Waals surface area contributed by atoms with Crippen molar-refractivity contribution in [1.29, 1.82) is 0 Å². The van der Waals surface area contributed by atoms with Crippen molar-refractivity contribution in [2.24, 2.45) is 0 Å². The van der Waals surface area contributed by atoms with Crippen LogP contribution in [0.15, 0.2) is 54.6 Å². The van der Waals surface area contributed by atoms with Gasteiger partial charge in [-0.2, -0.15) is 0 Å². The van der Waals surface area contributed by atoms with E-state index in [0.29, 0.717) is 25.9 Å². The second-order valence-electron chi connectivity index (χ2n) is 7.07. The lowest BCUT2D eigenvalue weighted by molar-refractivity contribution is 0.0689. The highest BCUT2D eigenvalue weighted by Crippen LogP contribution is 2.33. The molecule has 3 rings (SSSR count). The average Bonchev–Trinajstić information content (AvgIpc) is 2.77. The number of carbonyl (C=O) groups is 2. The van der Waals surface area contributed by atoms with E-state index < -0.39 is 17.7 Å². The first-order valence-corrected chi connectivity index (χ1v) is 10.3. The summed E-state index contributed by atoms with van der Waals surface area (Å²) in [5.74, 6) is -0.168. The van der Waals surface area contributed by atoms with E-state index in [1.165, 1.54) is 12.1 Å². The summed E-state index contributed by atoms with van der Waals surface area (Å²) in [6.45, 7) is 1.04. The third kappa shape index (κ3) is 5.63. The van der Waals surface area contributed by atoms with Crippen molar-refractivity contribution in [2.45, 2.75) is 25.0 Å². The third-order valence-corrected chi connectivity index (χ3v) is 5.28. The molecule has 0 radical (unpaired) electrons. The monoisotopic (exact) mass is 434 g/mol. The molecule has 30 heavy (non-hydrogen) atoms. The zero-order valence-electron chi connectivity index (χ0n) is 16.5. The molecule has 1 saturated heterocycles. The summed E-state index contributed by atoms with van der Waals surface area (Å²) >= 11 is 5.58. The minimum atomic E-state index is -0.771. The molecule has 0 aromatic heterocycles. The molecule has 1 aliphatic rings. The highest BCUT2D eigenvalue weighted by molar-refractivity contribution is 6.18. The second kappa shape index (κ2) is 10.3. The SMILES string of the molecule is O=C(NC1(c2ccc(F)cc2)CCN(C(=O)OCc2ccccc2)CC1)OCCCl. The maximum atomic E-state index is 13.4. The molecule has 6 nitrogen and oxygen atoms in total. The number of benzene rings is 2. The lowest BCUT2D eigenvalue weighted by Crippen LogP contribution is -2.54. The summed E-state index contributed by atoms with van der Waals surface area (Å²) in [5.41, 5.74) is 0.893. The Hall–Kier alpha value is -2.80. The number of carbonyl (C=O) groups excluding carboxylic acids is 2. The number of nitrogens with one attached hydrogen (secondary N) is 1. The van der Waals surface area contributed by atoms with Crippen LogP contribution in [0.2, 0.25) is 0 Å². The molecule has 1 fully saturated rings. The van der Waals surface area contributed by atoms with Crippen molar-refractivity contribution < 1.29 is 23.5 Å². The van der Waals surface area contributed by atoms with E-state index >= 15 is 0 Å². The fourth-order valence-corrected chi connectivity index (χ4v) is 3.58. The van der Waals surface area contributed by atoms with E-state index in [2.05, 4.69) is 5.32 Å². The van der Waals surface area contributed by atoms with Gasteiger partial charge in [0.25, 0.3) is 0 Å². The summed E-state index contributed by atoms with van der Waals surface area (Å²) in [5, 5.41) is 2.90. The number of alkyl halides is 1. The Morgan fingerprint density at radius 3 is 2.33 bits per heavy atom. The van der Waals surface area contributed by atoms with Crippen LogP contribution < -0.4 is 5.32 Å². The molecule has 8 heteroatoms. The van der Waals surface area contributed by atoms with Crippen molar-refractivity contribution in [3.8, 4) is 0 Å². The number of hydrogen-bond acceptors (Lipinski definition) is 4. The molecule has 1 aliphatic heterocycles. The fourth-order valence-electron chi connectivity index (χ4n) is 3.50. The zero-order chi connectivity index (χ0) is 21.4. The zero-order valence-corrected chi connectivity index (χ0v) is 17.2. The maximum Gasteiger partial charge on any atom is 0.410 e. The van der Waals surface area contributed by atoms with E-state index in [4.69, 9.17) is 21.1 Å². The number of halogens is 2. The highest BCUT2D eigenvalue weighted by Gasteiger charge is 2.39. The van der Waals surface area contributed by atoms with Crippen LogP contribution in [0.5, 0.6) is 0 Å². The van der Waals surface area contributed by atoms with Gasteiger partial charge in [-0.25, -0.2) is 14.0 Å². The predicted molar refractivity (Wildman–Crippen MR) is 111 cm³/mol. The smallest absolute Gasteiger partial charge is 0.410 e. The number of nitrogens with zero attached hydrogens (tertiary/aromatic N) is 1. The van der Waals surface area contributed by atoms with Gasteiger partial charge in [-0.05, 0) is 36.1 Å². The molecule has 0 saturated carbocycles. The van der Waals surface area contributed by atoms with Crippen LogP contribution in [0.1, 0.15) is 24.0 Å². The van der Waals surface area contributed by atoms with Gasteiger partial charge >= 0.3 is 12.2 Å². The van der Waals surface area contributed by atoms with Crippen LogP contribution >= 0.6 is 11.6 Å². The molecular weight excluding hydrogens is 411 g/mol. The lowest BCUT2D eigenvalue weighted by atomic mass is 9.81. The molecule has 2 aromatic rings. The van der Waals surface area contributed by atoms with Crippen molar-refractivity contribution in [2.75, 3.05) is 25.6 Å². The molecule has 2 aromatic carbocycles. The van der Waals surface area contributed by atoms with Gasteiger partial charge in [0.15, 0.2) is 0 Å². The van der Waals surface area contributed by atoms with Crippen molar-refractivity contribution in [3.63, 3.8) is 0 Å². The number of rotatable bonds is 6. The number of hydrogen-bond donors (Lipinski definition) is 1. The molecule has 0 bridgehead atoms. The number of piperidine rings is 1. The first-order valence-electron chi connectivity index (χ1n) is 9.75. The summed E-state index contributed by atoms with van der Waals surface area (Å²) in [4.78, 5) is 26.3. The first kappa shape index (κ1) is 21.9. The molecule has 160 valence electrons. The van der Waals surface area contributed by atoms with Gasteiger partial charge in [-0.1, -0.05) is 42.5 Å². The van der Waals surface area contributed by atoms with E-state index in [1.54, 1.807) is 17.0 Å². The van der Waals surface area contributed by atoms with Crippen molar-refractivity contribution in [3.05, 3.63) is 71.5 Å². The van der Waals surface area contributed by atoms with Gasteiger partial charge in [-0.15, -0.1) is 11.6 Å². The largest absolute Gasteiger partial charge is 0.448 e. The molecule has 0 aliphatic carbocycles. The predicted octanol–water partition coefficient (Wildman–Crippen LogP) is 4.42. The molecule has 0 atom stereocenters. The Bertz CT molecular complexity index is 840. The summed E-state index contributed by atoms with van der Waals surface area (Å²) in [6, 6.07) is 15.4. The topological polar surface area (TPSA) is 67.9 Å². The normalized spacial score (nSPS) is 15.3. The van der Waals surface area contributed by atoms with E-state index in [9.17, 15) is 14.0 Å². The summed E-state index contributed by atoms with van der Waals surface area (Å²) in [7, 11) is 0. The van der Waals surface area contributed by atoms with Crippen LogP contribution in [0, 0.1) is 5.82 Å². The van der Waals surface area contributed by atoms with Crippen LogP contribution in [0.4, 0.5) is 14.0 Å². The Kier molecular flexibility index (Phi) is 7.52. The molecule has 1 N–H and O–H groups in total. The van der Waals surface area contributed by atoms with Crippen molar-refractivity contribution in [1.82, 2.24) is 10.2 Å². The van der Waals surface area contributed by atoms with Gasteiger partial charge < -0.3 is 19.7 Å². The van der Waals surface area contributed by atoms with Gasteiger partial charge in [-0.3, -0.25) is 0 Å². The van der Waals surface area contributed by atoms with E-state index in [-0.39, 0.29) is 24.9 Å². The Balaban J connectivity index is 1.65. The maximum absolute atomic E-state index is 13.4. The number of alkyl carbamates (subject to hydrolysis) is 1. The van der Waals surface area contributed by atoms with Gasteiger partial charge in [0, 0.05) is 13.1 Å². The summed E-state index contributed by atoms with van der Waals surface area (Å²) in [6.07, 6.45) is -0.124. The third-order valence-electron chi connectivity index (χ3n) is 5.13. The molecule has 1 heterocycles. The fraction of sp³-hybridized carbons (Fsp3) is 0.364.